The molecule has 2 aromatic rings. The molecule has 2 rings (SSSR count). The zero-order valence-electron chi connectivity index (χ0n) is 9.11. The van der Waals surface area contributed by atoms with Crippen LogP contribution >= 0.6 is 11.6 Å². The van der Waals surface area contributed by atoms with Gasteiger partial charge in [-0.15, -0.1) is 0 Å². The van der Waals surface area contributed by atoms with E-state index in [-0.39, 0.29) is 5.76 Å². The predicted molar refractivity (Wildman–Crippen MR) is 61.4 cm³/mol. The highest BCUT2D eigenvalue weighted by Crippen LogP contribution is 2.16. The summed E-state index contributed by atoms with van der Waals surface area (Å²) in [4.78, 5) is 11.3. The Morgan fingerprint density at radius 3 is 3.06 bits per heavy atom. The van der Waals surface area contributed by atoms with Crippen molar-refractivity contribution in [2.24, 2.45) is 5.84 Å². The van der Waals surface area contributed by atoms with Gasteiger partial charge in [-0.1, -0.05) is 11.6 Å². The van der Waals surface area contributed by atoms with Crippen molar-refractivity contribution >= 4 is 17.5 Å². The van der Waals surface area contributed by atoms with Crippen molar-refractivity contribution in [1.82, 2.24) is 15.2 Å². The molecule has 0 spiro atoms. The van der Waals surface area contributed by atoms with Crippen molar-refractivity contribution in [1.29, 1.82) is 0 Å². The van der Waals surface area contributed by atoms with Crippen molar-refractivity contribution in [2.45, 2.75) is 13.5 Å². The first-order chi connectivity index (χ1) is 8.10. The molecule has 0 saturated carbocycles. The number of rotatable bonds is 3. The van der Waals surface area contributed by atoms with E-state index in [9.17, 15) is 4.79 Å². The largest absolute Gasteiger partial charge is 0.456 e. The molecular weight excluding hydrogens is 244 g/mol. The van der Waals surface area contributed by atoms with Crippen molar-refractivity contribution in [3.8, 4) is 0 Å². The Hall–Kier alpha value is -1.79. The number of nitrogens with one attached hydrogen (secondary N) is 1. The fourth-order valence-corrected chi connectivity index (χ4v) is 1.62. The number of nitrogens with two attached hydrogens (primary N) is 1. The molecule has 0 aromatic carbocycles. The molecule has 3 N–H and O–H groups in total. The first-order valence-electron chi connectivity index (χ1n) is 4.88. The third-order valence-electron chi connectivity index (χ3n) is 2.31. The number of hydrazine groups is 1. The molecule has 0 saturated heterocycles. The molecule has 0 aliphatic carbocycles. The summed E-state index contributed by atoms with van der Waals surface area (Å²) in [7, 11) is 0. The van der Waals surface area contributed by atoms with E-state index >= 15 is 0 Å². The number of aromatic nitrogens is 2. The van der Waals surface area contributed by atoms with Gasteiger partial charge >= 0.3 is 5.91 Å². The van der Waals surface area contributed by atoms with E-state index < -0.39 is 5.91 Å². The van der Waals surface area contributed by atoms with Crippen LogP contribution in [0.1, 0.15) is 21.9 Å². The van der Waals surface area contributed by atoms with Crippen molar-refractivity contribution in [3.05, 3.63) is 40.6 Å². The normalized spacial score (nSPS) is 10.5. The molecule has 0 bridgehead atoms. The summed E-state index contributed by atoms with van der Waals surface area (Å²) >= 11 is 5.76. The van der Waals surface area contributed by atoms with Gasteiger partial charge in [0.15, 0.2) is 5.76 Å². The van der Waals surface area contributed by atoms with Gasteiger partial charge in [0.1, 0.15) is 5.76 Å². The summed E-state index contributed by atoms with van der Waals surface area (Å²) in [6.45, 7) is 2.26. The average molecular weight is 255 g/mol. The minimum Gasteiger partial charge on any atom is -0.456 e. The van der Waals surface area contributed by atoms with Crippen LogP contribution in [0.15, 0.2) is 22.9 Å². The van der Waals surface area contributed by atoms with Gasteiger partial charge in [-0.3, -0.25) is 14.9 Å². The number of carbonyl (C=O) groups excluding carboxylic acids is 1. The molecule has 0 aliphatic heterocycles. The van der Waals surface area contributed by atoms with E-state index in [4.69, 9.17) is 21.9 Å². The Bertz CT molecular complexity index is 546. The lowest BCUT2D eigenvalue weighted by Crippen LogP contribution is -2.29. The Balaban J connectivity index is 2.21. The third kappa shape index (κ3) is 2.48. The minimum absolute atomic E-state index is 0.179. The first-order valence-corrected chi connectivity index (χ1v) is 5.26. The predicted octanol–water partition coefficient (Wildman–Crippen LogP) is 1.09. The highest BCUT2D eigenvalue weighted by Gasteiger charge is 2.13. The third-order valence-corrected chi connectivity index (χ3v) is 2.50. The maximum atomic E-state index is 11.3. The number of hydrogen-bond acceptors (Lipinski definition) is 4. The van der Waals surface area contributed by atoms with Gasteiger partial charge in [-0.25, -0.2) is 5.84 Å². The molecular formula is C10H11ClN4O2. The Morgan fingerprint density at radius 1 is 1.71 bits per heavy atom. The van der Waals surface area contributed by atoms with Crippen molar-refractivity contribution in [3.63, 3.8) is 0 Å². The summed E-state index contributed by atoms with van der Waals surface area (Å²) in [6, 6.07) is 1.63. The minimum atomic E-state index is -0.460. The molecule has 7 heteroatoms. The second-order valence-corrected chi connectivity index (χ2v) is 3.96. The molecule has 2 aromatic heterocycles. The number of nitrogen functional groups attached to an aromatic ring is 1. The summed E-state index contributed by atoms with van der Waals surface area (Å²) in [5, 5.41) is 4.61. The Labute approximate surface area is 102 Å². The first kappa shape index (κ1) is 11.7. The lowest BCUT2D eigenvalue weighted by molar-refractivity contribution is 0.0924. The fourth-order valence-electron chi connectivity index (χ4n) is 1.46. The fraction of sp³-hybridized carbons (Fsp3) is 0.200. The van der Waals surface area contributed by atoms with Crippen LogP contribution in [0.5, 0.6) is 0 Å². The Morgan fingerprint density at radius 2 is 2.47 bits per heavy atom. The van der Waals surface area contributed by atoms with Crippen LogP contribution in [0, 0.1) is 6.92 Å². The summed E-state index contributed by atoms with van der Waals surface area (Å²) < 4.78 is 6.94. The molecule has 6 nitrogen and oxygen atoms in total. The van der Waals surface area contributed by atoms with Gasteiger partial charge in [0.25, 0.3) is 0 Å². The molecule has 0 aliphatic rings. The van der Waals surface area contributed by atoms with Gasteiger partial charge < -0.3 is 4.42 Å². The molecule has 0 fully saturated rings. The van der Waals surface area contributed by atoms with Crippen LogP contribution < -0.4 is 11.3 Å². The summed E-state index contributed by atoms with van der Waals surface area (Å²) in [6.07, 6.45) is 3.24. The second-order valence-electron chi connectivity index (χ2n) is 3.52. The zero-order valence-corrected chi connectivity index (χ0v) is 9.86. The van der Waals surface area contributed by atoms with Gasteiger partial charge in [-0.2, -0.15) is 5.10 Å². The van der Waals surface area contributed by atoms with Crippen LogP contribution in [0.25, 0.3) is 0 Å². The number of halogens is 1. The summed E-state index contributed by atoms with van der Waals surface area (Å²) in [5.74, 6) is 5.39. The number of aryl methyl sites for hydroxylation is 1. The monoisotopic (exact) mass is 254 g/mol. The lowest BCUT2D eigenvalue weighted by Gasteiger charge is -1.98. The lowest BCUT2D eigenvalue weighted by atomic mass is 10.2. The molecule has 2 heterocycles. The number of carbonyl (C=O) groups is 1. The van der Waals surface area contributed by atoms with Gasteiger partial charge in [0, 0.05) is 11.8 Å². The standard InChI is InChI=1S/C10H11ClN4O2/c1-6-7(2-9(17-6)10(16)14-12)4-15-5-8(11)3-13-15/h2-3,5H,4,12H2,1H3,(H,14,16). The average Bonchev–Trinajstić information content (AvgIpc) is 2.86. The van der Waals surface area contributed by atoms with E-state index in [1.807, 2.05) is 5.43 Å². The topological polar surface area (TPSA) is 86.1 Å². The molecule has 17 heavy (non-hydrogen) atoms. The molecule has 90 valence electrons. The molecule has 0 atom stereocenters. The van der Waals surface area contributed by atoms with Crippen LogP contribution in [0.2, 0.25) is 5.02 Å². The highest BCUT2D eigenvalue weighted by atomic mass is 35.5. The number of nitrogens with zero attached hydrogens (tertiary/aromatic N) is 2. The number of furan rings is 1. The Kier molecular flexibility index (Phi) is 3.16. The molecule has 0 unspecified atom stereocenters. The van der Waals surface area contributed by atoms with E-state index in [2.05, 4.69) is 5.10 Å². The van der Waals surface area contributed by atoms with E-state index in [0.717, 1.165) is 5.56 Å². The van der Waals surface area contributed by atoms with E-state index in [0.29, 0.717) is 17.3 Å². The highest BCUT2D eigenvalue weighted by molar-refractivity contribution is 6.30. The molecule has 0 radical (unpaired) electrons. The van der Waals surface area contributed by atoms with E-state index in [1.165, 1.54) is 0 Å². The van der Waals surface area contributed by atoms with Crippen LogP contribution in [-0.4, -0.2) is 15.7 Å². The maximum absolute atomic E-state index is 11.3. The SMILES string of the molecule is Cc1oc(C(=O)NN)cc1Cn1cc(Cl)cn1. The maximum Gasteiger partial charge on any atom is 0.300 e. The number of hydrogen-bond donors (Lipinski definition) is 2. The van der Waals surface area contributed by atoms with Crippen LogP contribution in [0.4, 0.5) is 0 Å². The van der Waals surface area contributed by atoms with Crippen molar-refractivity contribution in [2.75, 3.05) is 0 Å². The van der Waals surface area contributed by atoms with Crippen molar-refractivity contribution < 1.29 is 9.21 Å². The zero-order chi connectivity index (χ0) is 12.4. The quantitative estimate of drug-likeness (QED) is 0.488. The van der Waals surface area contributed by atoms with E-state index in [1.54, 1.807) is 30.1 Å². The van der Waals surface area contributed by atoms with Gasteiger partial charge in [-0.05, 0) is 13.0 Å². The molecule has 1 amide bonds. The smallest absolute Gasteiger partial charge is 0.300 e. The van der Waals surface area contributed by atoms with Gasteiger partial charge in [0.2, 0.25) is 0 Å². The second kappa shape index (κ2) is 4.60. The van der Waals surface area contributed by atoms with Crippen LogP contribution in [0.3, 0.4) is 0 Å². The number of amides is 1. The summed E-state index contributed by atoms with van der Waals surface area (Å²) in [5.41, 5.74) is 2.86. The van der Waals surface area contributed by atoms with Gasteiger partial charge in [0.05, 0.1) is 17.8 Å². The van der Waals surface area contributed by atoms with Crippen LogP contribution in [-0.2, 0) is 6.54 Å².